The third kappa shape index (κ3) is 2.70. The average Bonchev–Trinajstić information content (AvgIpc) is 2.34. The minimum absolute atomic E-state index is 0. The van der Waals surface area contributed by atoms with Crippen molar-refractivity contribution in [2.45, 2.75) is 18.9 Å². The Morgan fingerprint density at radius 1 is 1.18 bits per heavy atom. The topological polar surface area (TPSA) is 12.5 Å². The molecular formula is C13H17Cl2NO. The molecule has 0 radical (unpaired) electrons. The molecule has 0 aromatic heterocycles. The molecule has 3 aliphatic rings. The first-order valence-corrected chi connectivity index (χ1v) is 6.34. The van der Waals surface area contributed by atoms with Gasteiger partial charge in [-0.3, -0.25) is 4.90 Å². The maximum atomic E-state index is 6.11. The summed E-state index contributed by atoms with van der Waals surface area (Å²) in [5.74, 6) is 1.56. The van der Waals surface area contributed by atoms with Gasteiger partial charge < -0.3 is 4.74 Å². The monoisotopic (exact) mass is 273 g/mol. The lowest BCUT2D eigenvalue weighted by atomic mass is 9.86. The minimum Gasteiger partial charge on any atom is -0.487 e. The quantitative estimate of drug-likeness (QED) is 0.821. The van der Waals surface area contributed by atoms with Gasteiger partial charge >= 0.3 is 0 Å². The smallest absolute Gasteiger partial charge is 0.138 e. The standard InChI is InChI=1S/C13H16ClNO.ClH/c14-11-3-1-2-4-12(11)16-13-9-15-7-5-10(13)6-8-15;/h1-4,10,13H,5-9H2;1H. The number of hydrogen-bond acceptors (Lipinski definition) is 2. The Hall–Kier alpha value is -0.440. The summed E-state index contributed by atoms with van der Waals surface area (Å²) >= 11 is 6.11. The van der Waals surface area contributed by atoms with Crippen LogP contribution in [0.15, 0.2) is 24.3 Å². The molecule has 1 atom stereocenters. The van der Waals surface area contributed by atoms with Gasteiger partial charge in [0, 0.05) is 6.54 Å². The molecule has 0 spiro atoms. The molecule has 3 heterocycles. The van der Waals surface area contributed by atoms with Crippen molar-refractivity contribution in [3.63, 3.8) is 0 Å². The van der Waals surface area contributed by atoms with E-state index in [-0.39, 0.29) is 12.4 Å². The van der Waals surface area contributed by atoms with E-state index in [2.05, 4.69) is 4.90 Å². The number of hydrogen-bond donors (Lipinski definition) is 0. The summed E-state index contributed by atoms with van der Waals surface area (Å²) in [4.78, 5) is 2.49. The Morgan fingerprint density at radius 3 is 2.47 bits per heavy atom. The first-order chi connectivity index (χ1) is 7.83. The van der Waals surface area contributed by atoms with Gasteiger partial charge in [0.05, 0.1) is 5.02 Å². The largest absolute Gasteiger partial charge is 0.487 e. The second kappa shape index (κ2) is 5.47. The summed E-state index contributed by atoms with van der Waals surface area (Å²) in [6.07, 6.45) is 2.88. The Balaban J connectivity index is 0.00000108. The summed E-state index contributed by atoms with van der Waals surface area (Å²) in [6, 6.07) is 7.76. The molecule has 0 saturated carbocycles. The van der Waals surface area contributed by atoms with Crippen LogP contribution < -0.4 is 4.74 Å². The predicted octanol–water partition coefficient (Wildman–Crippen LogP) is 3.23. The number of rotatable bonds is 2. The number of nitrogens with zero attached hydrogens (tertiary/aromatic N) is 1. The van der Waals surface area contributed by atoms with Gasteiger partial charge in [-0.25, -0.2) is 0 Å². The Morgan fingerprint density at radius 2 is 1.88 bits per heavy atom. The molecule has 2 nitrogen and oxygen atoms in total. The molecule has 1 aromatic carbocycles. The van der Waals surface area contributed by atoms with Crippen LogP contribution in [0.4, 0.5) is 0 Å². The first kappa shape index (κ1) is 13.0. The first-order valence-electron chi connectivity index (χ1n) is 5.96. The zero-order valence-corrected chi connectivity index (χ0v) is 11.2. The van der Waals surface area contributed by atoms with Gasteiger partial charge in [0.15, 0.2) is 0 Å². The van der Waals surface area contributed by atoms with Crippen LogP contribution in [0.25, 0.3) is 0 Å². The molecule has 17 heavy (non-hydrogen) atoms. The van der Waals surface area contributed by atoms with E-state index in [0.717, 1.165) is 23.2 Å². The van der Waals surface area contributed by atoms with E-state index in [0.29, 0.717) is 6.10 Å². The molecule has 3 saturated heterocycles. The molecule has 4 heteroatoms. The zero-order valence-electron chi connectivity index (χ0n) is 9.64. The van der Waals surface area contributed by atoms with Gasteiger partial charge in [-0.05, 0) is 44.0 Å². The van der Waals surface area contributed by atoms with Crippen molar-refractivity contribution in [3.05, 3.63) is 29.3 Å². The average molecular weight is 274 g/mol. The van der Waals surface area contributed by atoms with Crippen LogP contribution in [0.5, 0.6) is 5.75 Å². The van der Waals surface area contributed by atoms with Crippen LogP contribution >= 0.6 is 24.0 Å². The molecule has 0 amide bonds. The lowest BCUT2D eigenvalue weighted by Gasteiger charge is -2.44. The van der Waals surface area contributed by atoms with Gasteiger partial charge in [-0.1, -0.05) is 23.7 Å². The summed E-state index contributed by atoms with van der Waals surface area (Å²) in [6.45, 7) is 3.55. The number of para-hydroxylation sites is 1. The van der Waals surface area contributed by atoms with E-state index >= 15 is 0 Å². The molecule has 0 N–H and O–H groups in total. The van der Waals surface area contributed by atoms with Crippen molar-refractivity contribution in [2.75, 3.05) is 19.6 Å². The molecule has 1 aromatic rings. The molecule has 94 valence electrons. The van der Waals surface area contributed by atoms with E-state index < -0.39 is 0 Å². The van der Waals surface area contributed by atoms with Crippen molar-refractivity contribution >= 4 is 24.0 Å². The molecule has 4 rings (SSSR count). The molecular weight excluding hydrogens is 257 g/mol. The van der Waals surface area contributed by atoms with Crippen LogP contribution in [-0.2, 0) is 0 Å². The van der Waals surface area contributed by atoms with Gasteiger partial charge in [0.25, 0.3) is 0 Å². The van der Waals surface area contributed by atoms with Crippen molar-refractivity contribution in [1.82, 2.24) is 4.90 Å². The van der Waals surface area contributed by atoms with Crippen molar-refractivity contribution in [2.24, 2.45) is 5.92 Å². The lowest BCUT2D eigenvalue weighted by Crippen LogP contribution is -2.52. The predicted molar refractivity (Wildman–Crippen MR) is 72.3 cm³/mol. The molecule has 0 aliphatic carbocycles. The molecule has 3 aliphatic heterocycles. The maximum absolute atomic E-state index is 6.11. The van der Waals surface area contributed by atoms with Gasteiger partial charge in [0.1, 0.15) is 11.9 Å². The fourth-order valence-corrected chi connectivity index (χ4v) is 2.93. The minimum atomic E-state index is 0. The maximum Gasteiger partial charge on any atom is 0.138 e. The fourth-order valence-electron chi connectivity index (χ4n) is 2.75. The second-order valence-electron chi connectivity index (χ2n) is 4.72. The number of halogens is 2. The van der Waals surface area contributed by atoms with Crippen LogP contribution in [0.2, 0.25) is 5.02 Å². The van der Waals surface area contributed by atoms with Gasteiger partial charge in [-0.15, -0.1) is 12.4 Å². The van der Waals surface area contributed by atoms with Gasteiger partial charge in [0.2, 0.25) is 0 Å². The van der Waals surface area contributed by atoms with Crippen molar-refractivity contribution in [1.29, 1.82) is 0 Å². The molecule has 2 bridgehead atoms. The number of ether oxygens (including phenoxy) is 1. The van der Waals surface area contributed by atoms with Crippen LogP contribution in [0, 0.1) is 5.92 Å². The van der Waals surface area contributed by atoms with Crippen LogP contribution in [0.1, 0.15) is 12.8 Å². The summed E-state index contributed by atoms with van der Waals surface area (Å²) in [5, 5.41) is 0.721. The highest BCUT2D eigenvalue weighted by Gasteiger charge is 2.35. The third-order valence-electron chi connectivity index (χ3n) is 3.71. The summed E-state index contributed by atoms with van der Waals surface area (Å²) < 4.78 is 6.05. The zero-order chi connectivity index (χ0) is 11.0. The molecule has 3 fully saturated rings. The Labute approximate surface area is 113 Å². The highest BCUT2D eigenvalue weighted by molar-refractivity contribution is 6.32. The highest BCUT2D eigenvalue weighted by Crippen LogP contribution is 2.32. The number of fused-ring (bicyclic) bond motifs is 3. The Bertz CT molecular complexity index is 377. The van der Waals surface area contributed by atoms with Crippen molar-refractivity contribution in [3.8, 4) is 5.75 Å². The Kier molecular flexibility index (Phi) is 4.18. The summed E-state index contributed by atoms with van der Waals surface area (Å²) in [7, 11) is 0. The number of benzene rings is 1. The SMILES string of the molecule is Cl.Clc1ccccc1OC1CN2CCC1CC2. The van der Waals surface area contributed by atoms with Gasteiger partial charge in [-0.2, -0.15) is 0 Å². The van der Waals surface area contributed by atoms with E-state index in [9.17, 15) is 0 Å². The lowest BCUT2D eigenvalue weighted by molar-refractivity contribution is -0.00770. The van der Waals surface area contributed by atoms with E-state index in [1.807, 2.05) is 24.3 Å². The van der Waals surface area contributed by atoms with E-state index in [1.165, 1.54) is 25.9 Å². The van der Waals surface area contributed by atoms with E-state index in [4.69, 9.17) is 16.3 Å². The highest BCUT2D eigenvalue weighted by atomic mass is 35.5. The normalized spacial score (nSPS) is 30.8. The summed E-state index contributed by atoms with van der Waals surface area (Å²) in [5.41, 5.74) is 0. The number of piperidine rings is 3. The fraction of sp³-hybridized carbons (Fsp3) is 0.538. The van der Waals surface area contributed by atoms with Crippen LogP contribution in [-0.4, -0.2) is 30.6 Å². The molecule has 1 unspecified atom stereocenters. The third-order valence-corrected chi connectivity index (χ3v) is 4.02. The second-order valence-corrected chi connectivity index (χ2v) is 5.13. The van der Waals surface area contributed by atoms with E-state index in [1.54, 1.807) is 0 Å². The van der Waals surface area contributed by atoms with Crippen LogP contribution in [0.3, 0.4) is 0 Å². The van der Waals surface area contributed by atoms with Crippen molar-refractivity contribution < 1.29 is 4.74 Å².